The molecule has 0 spiro atoms. The van der Waals surface area contributed by atoms with Crippen molar-refractivity contribution >= 4 is 0 Å². The van der Waals surface area contributed by atoms with Gasteiger partial charge < -0.3 is 24.7 Å². The van der Waals surface area contributed by atoms with Gasteiger partial charge in [0.05, 0.1) is 6.61 Å². The van der Waals surface area contributed by atoms with E-state index in [2.05, 4.69) is 0 Å². The minimum Gasteiger partial charge on any atom is -0.376 e. The molecule has 1 heterocycles. The molecule has 0 aromatic carbocycles. The van der Waals surface area contributed by atoms with Crippen LogP contribution < -0.4 is 5.73 Å². The second-order valence-electron chi connectivity index (χ2n) is 2.97. The molecule has 1 rings (SSSR count). The molecule has 5 nitrogen and oxygen atoms in total. The van der Waals surface area contributed by atoms with Crippen molar-refractivity contribution in [1.29, 1.82) is 0 Å². The Bertz CT molecular complexity index is 155. The maximum atomic E-state index is 5.69. The Morgan fingerprint density at radius 3 is 2.15 bits per heavy atom. The Hall–Kier alpha value is -0.200. The SMILES string of the molecule is CO[C@@H]1[C@@H](OC)[C@H](OC)CO[C@H]1N. The van der Waals surface area contributed by atoms with Crippen LogP contribution >= 0.6 is 0 Å². The van der Waals surface area contributed by atoms with Crippen LogP contribution in [0.2, 0.25) is 0 Å². The molecule has 0 aromatic rings. The normalized spacial score (nSPS) is 40.6. The van der Waals surface area contributed by atoms with Crippen LogP contribution in [0.25, 0.3) is 0 Å². The smallest absolute Gasteiger partial charge is 0.134 e. The van der Waals surface area contributed by atoms with E-state index in [1.165, 1.54) is 0 Å². The largest absolute Gasteiger partial charge is 0.376 e. The standard InChI is InChI=1S/C8H17NO4/c1-10-5-4-13-8(9)7(12-3)6(5)11-2/h5-8H,4,9H2,1-3H3/t5-,6+,7-,8-/m1/s1. The van der Waals surface area contributed by atoms with E-state index >= 15 is 0 Å². The lowest BCUT2D eigenvalue weighted by Gasteiger charge is -2.38. The van der Waals surface area contributed by atoms with Gasteiger partial charge in [0.1, 0.15) is 24.5 Å². The summed E-state index contributed by atoms with van der Waals surface area (Å²) in [5.41, 5.74) is 5.69. The molecule has 1 fully saturated rings. The van der Waals surface area contributed by atoms with Gasteiger partial charge in [-0.3, -0.25) is 0 Å². The van der Waals surface area contributed by atoms with Gasteiger partial charge in [-0.15, -0.1) is 0 Å². The van der Waals surface area contributed by atoms with Gasteiger partial charge in [-0.25, -0.2) is 0 Å². The van der Waals surface area contributed by atoms with Crippen LogP contribution in [0, 0.1) is 0 Å². The summed E-state index contributed by atoms with van der Waals surface area (Å²) in [6.45, 7) is 0.441. The molecule has 0 aliphatic carbocycles. The fraction of sp³-hybridized carbons (Fsp3) is 1.00. The molecule has 0 amide bonds. The van der Waals surface area contributed by atoms with Crippen molar-refractivity contribution in [2.75, 3.05) is 27.9 Å². The van der Waals surface area contributed by atoms with Crippen LogP contribution in [0.3, 0.4) is 0 Å². The summed E-state index contributed by atoms with van der Waals surface area (Å²) in [5.74, 6) is 0. The van der Waals surface area contributed by atoms with Crippen LogP contribution in [0.15, 0.2) is 0 Å². The summed E-state index contributed by atoms with van der Waals surface area (Å²) < 4.78 is 20.9. The van der Waals surface area contributed by atoms with Crippen LogP contribution in [0.1, 0.15) is 0 Å². The summed E-state index contributed by atoms with van der Waals surface area (Å²) in [5, 5.41) is 0. The van der Waals surface area contributed by atoms with E-state index in [9.17, 15) is 0 Å². The molecule has 0 radical (unpaired) electrons. The molecule has 13 heavy (non-hydrogen) atoms. The molecule has 1 aliphatic rings. The fourth-order valence-electron chi connectivity index (χ4n) is 1.55. The average Bonchev–Trinajstić information content (AvgIpc) is 2.17. The Morgan fingerprint density at radius 1 is 1.08 bits per heavy atom. The zero-order valence-electron chi connectivity index (χ0n) is 8.23. The average molecular weight is 191 g/mol. The lowest BCUT2D eigenvalue weighted by molar-refractivity contribution is -0.209. The first-order valence-corrected chi connectivity index (χ1v) is 4.20. The predicted octanol–water partition coefficient (Wildman–Crippen LogP) is -0.654. The molecule has 0 unspecified atom stereocenters. The monoisotopic (exact) mass is 191 g/mol. The van der Waals surface area contributed by atoms with Crippen molar-refractivity contribution in [3.8, 4) is 0 Å². The van der Waals surface area contributed by atoms with Gasteiger partial charge >= 0.3 is 0 Å². The van der Waals surface area contributed by atoms with E-state index in [0.29, 0.717) is 6.61 Å². The Kier molecular flexibility index (Phi) is 4.08. The van der Waals surface area contributed by atoms with Crippen molar-refractivity contribution in [2.45, 2.75) is 24.5 Å². The number of hydrogen-bond donors (Lipinski definition) is 1. The number of methoxy groups -OCH3 is 3. The van der Waals surface area contributed by atoms with E-state index in [0.717, 1.165) is 0 Å². The molecule has 0 saturated carbocycles. The highest BCUT2D eigenvalue weighted by Gasteiger charge is 2.39. The van der Waals surface area contributed by atoms with Crippen LogP contribution in [-0.2, 0) is 18.9 Å². The molecule has 4 atom stereocenters. The maximum Gasteiger partial charge on any atom is 0.134 e. The van der Waals surface area contributed by atoms with Crippen molar-refractivity contribution in [2.24, 2.45) is 5.73 Å². The van der Waals surface area contributed by atoms with Crippen LogP contribution in [-0.4, -0.2) is 52.5 Å². The van der Waals surface area contributed by atoms with E-state index < -0.39 is 6.23 Å². The van der Waals surface area contributed by atoms with Gasteiger partial charge in [-0.1, -0.05) is 0 Å². The topological polar surface area (TPSA) is 62.9 Å². The summed E-state index contributed by atoms with van der Waals surface area (Å²) in [6.07, 6.45) is -1.00. The Balaban J connectivity index is 2.64. The van der Waals surface area contributed by atoms with Crippen molar-refractivity contribution in [3.05, 3.63) is 0 Å². The first-order chi connectivity index (χ1) is 6.24. The first-order valence-electron chi connectivity index (χ1n) is 4.20. The highest BCUT2D eigenvalue weighted by molar-refractivity contribution is 4.87. The summed E-state index contributed by atoms with van der Waals surface area (Å²) in [4.78, 5) is 0. The minimum atomic E-state index is -0.443. The molecule has 78 valence electrons. The Labute approximate surface area is 78.1 Å². The second-order valence-corrected chi connectivity index (χ2v) is 2.97. The third kappa shape index (κ3) is 2.18. The molecule has 1 aliphatic heterocycles. The van der Waals surface area contributed by atoms with E-state index in [-0.39, 0.29) is 18.3 Å². The quantitative estimate of drug-likeness (QED) is 0.642. The second kappa shape index (κ2) is 4.88. The predicted molar refractivity (Wildman–Crippen MR) is 46.3 cm³/mol. The van der Waals surface area contributed by atoms with Gasteiger partial charge in [0.2, 0.25) is 0 Å². The Morgan fingerprint density at radius 2 is 1.69 bits per heavy atom. The molecule has 5 heteroatoms. The highest BCUT2D eigenvalue weighted by Crippen LogP contribution is 2.19. The summed E-state index contributed by atoms with van der Waals surface area (Å²) in [6, 6.07) is 0. The van der Waals surface area contributed by atoms with Crippen molar-refractivity contribution in [3.63, 3.8) is 0 Å². The van der Waals surface area contributed by atoms with Gasteiger partial charge in [0, 0.05) is 21.3 Å². The molecule has 0 aromatic heterocycles. The van der Waals surface area contributed by atoms with Gasteiger partial charge in [-0.2, -0.15) is 0 Å². The number of nitrogens with two attached hydrogens (primary N) is 1. The van der Waals surface area contributed by atoms with E-state index in [1.54, 1.807) is 21.3 Å². The molecule has 0 bridgehead atoms. The maximum absolute atomic E-state index is 5.69. The van der Waals surface area contributed by atoms with E-state index in [4.69, 9.17) is 24.7 Å². The van der Waals surface area contributed by atoms with Gasteiger partial charge in [-0.05, 0) is 0 Å². The molecule has 1 saturated heterocycles. The molecular weight excluding hydrogens is 174 g/mol. The third-order valence-electron chi connectivity index (χ3n) is 2.31. The number of rotatable bonds is 3. The van der Waals surface area contributed by atoms with Gasteiger partial charge in [0.25, 0.3) is 0 Å². The summed E-state index contributed by atoms with van der Waals surface area (Å²) in [7, 11) is 4.81. The fourth-order valence-corrected chi connectivity index (χ4v) is 1.55. The van der Waals surface area contributed by atoms with Crippen molar-refractivity contribution in [1.82, 2.24) is 0 Å². The first kappa shape index (κ1) is 10.9. The lowest BCUT2D eigenvalue weighted by atomic mass is 10.0. The van der Waals surface area contributed by atoms with Gasteiger partial charge in [0.15, 0.2) is 0 Å². The van der Waals surface area contributed by atoms with E-state index in [1.807, 2.05) is 0 Å². The molecule has 2 N–H and O–H groups in total. The zero-order chi connectivity index (χ0) is 9.84. The minimum absolute atomic E-state index is 0.116. The molecular formula is C8H17NO4. The highest BCUT2D eigenvalue weighted by atomic mass is 16.6. The van der Waals surface area contributed by atoms with Crippen molar-refractivity contribution < 1.29 is 18.9 Å². The lowest BCUT2D eigenvalue weighted by Crippen LogP contribution is -2.58. The number of hydrogen-bond acceptors (Lipinski definition) is 5. The number of ether oxygens (including phenoxy) is 4. The summed E-state index contributed by atoms with van der Waals surface area (Å²) >= 11 is 0. The van der Waals surface area contributed by atoms with Crippen LogP contribution in [0.5, 0.6) is 0 Å². The van der Waals surface area contributed by atoms with Crippen LogP contribution in [0.4, 0.5) is 0 Å². The third-order valence-corrected chi connectivity index (χ3v) is 2.31. The zero-order valence-corrected chi connectivity index (χ0v) is 8.23.